The van der Waals surface area contributed by atoms with Crippen LogP contribution in [0.3, 0.4) is 0 Å². The highest BCUT2D eigenvalue weighted by molar-refractivity contribution is 7.99. The van der Waals surface area contributed by atoms with Crippen LogP contribution in [-0.2, 0) is 4.79 Å². The Morgan fingerprint density at radius 3 is 2.77 bits per heavy atom. The fourth-order valence-corrected chi connectivity index (χ4v) is 3.30. The highest BCUT2D eigenvalue weighted by Gasteiger charge is 2.18. The molecule has 2 heterocycles. The molecule has 0 aliphatic heterocycles. The van der Waals surface area contributed by atoms with Gasteiger partial charge in [-0.2, -0.15) is 0 Å². The van der Waals surface area contributed by atoms with Crippen LogP contribution in [0.25, 0.3) is 17.1 Å². The third-order valence-electron chi connectivity index (χ3n) is 3.81. The van der Waals surface area contributed by atoms with Crippen molar-refractivity contribution in [2.75, 3.05) is 12.3 Å². The molecule has 0 atom stereocenters. The van der Waals surface area contributed by atoms with Crippen molar-refractivity contribution in [1.82, 2.24) is 25.1 Å². The van der Waals surface area contributed by atoms with E-state index in [0.717, 1.165) is 23.2 Å². The number of benzene rings is 1. The van der Waals surface area contributed by atoms with Gasteiger partial charge in [0.05, 0.1) is 11.4 Å². The summed E-state index contributed by atoms with van der Waals surface area (Å²) in [6.07, 6.45) is 4.41. The van der Waals surface area contributed by atoms with E-state index in [2.05, 4.69) is 20.5 Å². The lowest BCUT2D eigenvalue weighted by atomic mass is 10.2. The van der Waals surface area contributed by atoms with Crippen LogP contribution in [0.5, 0.6) is 0 Å². The number of rotatable bonds is 7. The largest absolute Gasteiger partial charge is 0.355 e. The summed E-state index contributed by atoms with van der Waals surface area (Å²) in [5.41, 5.74) is 2.98. The Hall–Kier alpha value is -2.67. The molecule has 7 heteroatoms. The summed E-state index contributed by atoms with van der Waals surface area (Å²) in [4.78, 5) is 16.2. The second-order valence-electron chi connectivity index (χ2n) is 5.81. The molecule has 134 valence electrons. The van der Waals surface area contributed by atoms with Crippen LogP contribution < -0.4 is 5.32 Å². The van der Waals surface area contributed by atoms with Crippen LogP contribution in [0, 0.1) is 6.92 Å². The van der Waals surface area contributed by atoms with Crippen LogP contribution in [0.1, 0.15) is 18.9 Å². The molecule has 0 saturated carbocycles. The van der Waals surface area contributed by atoms with Gasteiger partial charge in [0.15, 0.2) is 11.0 Å². The molecule has 1 N–H and O–H groups in total. The van der Waals surface area contributed by atoms with E-state index >= 15 is 0 Å². The number of nitrogens with one attached hydrogen (secondary N) is 1. The van der Waals surface area contributed by atoms with Gasteiger partial charge in [-0.05, 0) is 37.1 Å². The Morgan fingerprint density at radius 1 is 1.19 bits per heavy atom. The average Bonchev–Trinajstić information content (AvgIpc) is 3.09. The van der Waals surface area contributed by atoms with Crippen LogP contribution in [0.4, 0.5) is 0 Å². The third kappa shape index (κ3) is 4.11. The zero-order chi connectivity index (χ0) is 18.4. The molecule has 0 unspecified atom stereocenters. The molecule has 3 aromatic rings. The summed E-state index contributed by atoms with van der Waals surface area (Å²) in [6, 6.07) is 11.9. The SMILES string of the molecule is CCCNC(=O)CSc1nnc(-c2cccnc2)n1-c1ccccc1C. The number of aromatic nitrogens is 4. The van der Waals surface area contributed by atoms with Gasteiger partial charge < -0.3 is 5.32 Å². The Balaban J connectivity index is 1.96. The molecular formula is C19H21N5OS. The first-order valence-electron chi connectivity index (χ1n) is 8.52. The van der Waals surface area contributed by atoms with E-state index < -0.39 is 0 Å². The Kier molecular flexibility index (Phi) is 6.01. The molecule has 0 saturated heterocycles. The average molecular weight is 367 g/mol. The molecule has 0 bridgehead atoms. The van der Waals surface area contributed by atoms with Gasteiger partial charge in [-0.15, -0.1) is 10.2 Å². The first-order chi connectivity index (χ1) is 12.7. The van der Waals surface area contributed by atoms with Crippen molar-refractivity contribution in [2.45, 2.75) is 25.4 Å². The molecule has 0 spiro atoms. The van der Waals surface area contributed by atoms with Crippen molar-refractivity contribution >= 4 is 17.7 Å². The topological polar surface area (TPSA) is 72.7 Å². The summed E-state index contributed by atoms with van der Waals surface area (Å²) in [6.45, 7) is 4.76. The second kappa shape index (κ2) is 8.62. The monoisotopic (exact) mass is 367 g/mol. The summed E-state index contributed by atoms with van der Waals surface area (Å²) in [7, 11) is 0. The lowest BCUT2D eigenvalue weighted by Crippen LogP contribution is -2.25. The number of para-hydroxylation sites is 1. The second-order valence-corrected chi connectivity index (χ2v) is 6.75. The van der Waals surface area contributed by atoms with Gasteiger partial charge in [-0.25, -0.2) is 0 Å². The molecule has 0 radical (unpaired) electrons. The van der Waals surface area contributed by atoms with Crippen LogP contribution in [0.2, 0.25) is 0 Å². The van der Waals surface area contributed by atoms with E-state index in [1.807, 2.05) is 54.8 Å². The van der Waals surface area contributed by atoms with Gasteiger partial charge in [0.1, 0.15) is 0 Å². The summed E-state index contributed by atoms with van der Waals surface area (Å²) in [5.74, 6) is 1.01. The van der Waals surface area contributed by atoms with Crippen molar-refractivity contribution in [1.29, 1.82) is 0 Å². The van der Waals surface area contributed by atoms with E-state index in [1.165, 1.54) is 11.8 Å². The van der Waals surface area contributed by atoms with E-state index in [1.54, 1.807) is 12.4 Å². The maximum atomic E-state index is 12.0. The maximum absolute atomic E-state index is 12.0. The number of nitrogens with zero attached hydrogens (tertiary/aromatic N) is 4. The summed E-state index contributed by atoms with van der Waals surface area (Å²) < 4.78 is 1.99. The third-order valence-corrected chi connectivity index (χ3v) is 4.74. The van der Waals surface area contributed by atoms with Crippen molar-refractivity contribution in [3.8, 4) is 17.1 Å². The van der Waals surface area contributed by atoms with Crippen molar-refractivity contribution in [2.24, 2.45) is 0 Å². The van der Waals surface area contributed by atoms with Crippen molar-refractivity contribution in [3.63, 3.8) is 0 Å². The van der Waals surface area contributed by atoms with Crippen molar-refractivity contribution in [3.05, 3.63) is 54.4 Å². The number of hydrogen-bond acceptors (Lipinski definition) is 5. The highest BCUT2D eigenvalue weighted by Crippen LogP contribution is 2.28. The fourth-order valence-electron chi connectivity index (χ4n) is 2.52. The van der Waals surface area contributed by atoms with Gasteiger partial charge >= 0.3 is 0 Å². The predicted octanol–water partition coefficient (Wildman–Crippen LogP) is 3.26. The summed E-state index contributed by atoms with van der Waals surface area (Å²) in [5, 5.41) is 12.3. The molecule has 2 aromatic heterocycles. The number of amides is 1. The van der Waals surface area contributed by atoms with E-state index in [0.29, 0.717) is 23.3 Å². The lowest BCUT2D eigenvalue weighted by Gasteiger charge is -2.12. The number of hydrogen-bond donors (Lipinski definition) is 1. The van der Waals surface area contributed by atoms with Gasteiger partial charge in [-0.3, -0.25) is 14.3 Å². The Labute approximate surface area is 157 Å². The first-order valence-corrected chi connectivity index (χ1v) is 9.50. The maximum Gasteiger partial charge on any atom is 0.230 e. The quantitative estimate of drug-likeness (QED) is 0.649. The predicted molar refractivity (Wildman–Crippen MR) is 103 cm³/mol. The number of pyridine rings is 1. The molecule has 26 heavy (non-hydrogen) atoms. The number of aryl methyl sites for hydroxylation is 1. The molecule has 0 aliphatic rings. The highest BCUT2D eigenvalue weighted by atomic mass is 32.2. The van der Waals surface area contributed by atoms with E-state index in [-0.39, 0.29) is 5.91 Å². The minimum absolute atomic E-state index is 0.000823. The van der Waals surface area contributed by atoms with E-state index in [9.17, 15) is 4.79 Å². The zero-order valence-corrected chi connectivity index (χ0v) is 15.7. The number of thioether (sulfide) groups is 1. The van der Waals surface area contributed by atoms with Crippen LogP contribution >= 0.6 is 11.8 Å². The molecule has 1 amide bonds. The lowest BCUT2D eigenvalue weighted by molar-refractivity contribution is -0.118. The van der Waals surface area contributed by atoms with Crippen molar-refractivity contribution < 1.29 is 4.79 Å². The molecular weight excluding hydrogens is 346 g/mol. The molecule has 6 nitrogen and oxygen atoms in total. The molecule has 3 rings (SSSR count). The van der Waals surface area contributed by atoms with Gasteiger partial charge in [0.2, 0.25) is 5.91 Å². The number of carbonyl (C=O) groups is 1. The molecule has 0 aliphatic carbocycles. The van der Waals surface area contributed by atoms with Crippen LogP contribution in [-0.4, -0.2) is 38.0 Å². The van der Waals surface area contributed by atoms with Gasteiger partial charge in [-0.1, -0.05) is 36.9 Å². The molecule has 0 fully saturated rings. The summed E-state index contributed by atoms with van der Waals surface area (Å²) >= 11 is 1.38. The smallest absolute Gasteiger partial charge is 0.230 e. The van der Waals surface area contributed by atoms with E-state index in [4.69, 9.17) is 0 Å². The van der Waals surface area contributed by atoms with Crippen LogP contribution in [0.15, 0.2) is 53.9 Å². The fraction of sp³-hybridized carbons (Fsp3) is 0.263. The molecule has 1 aromatic carbocycles. The minimum Gasteiger partial charge on any atom is -0.355 e. The minimum atomic E-state index is -0.000823. The number of carbonyl (C=O) groups excluding carboxylic acids is 1. The normalized spacial score (nSPS) is 10.7. The first kappa shape index (κ1) is 18.1. The van der Waals surface area contributed by atoms with Gasteiger partial charge in [0.25, 0.3) is 0 Å². The Morgan fingerprint density at radius 2 is 2.04 bits per heavy atom. The zero-order valence-electron chi connectivity index (χ0n) is 14.8. The van der Waals surface area contributed by atoms with Gasteiger partial charge in [0, 0.05) is 24.5 Å². The Bertz CT molecular complexity index is 879. The standard InChI is InChI=1S/C19H21N5OS/c1-3-10-21-17(25)13-26-19-23-22-18(15-8-6-11-20-12-15)24(19)16-9-5-4-7-14(16)2/h4-9,11-12H,3,10,13H2,1-2H3,(H,21,25).